The first-order valence-electron chi connectivity index (χ1n) is 7.38. The molecule has 1 aliphatic rings. The maximum atomic E-state index is 11.2. The molecule has 110 valence electrons. The highest BCUT2D eigenvalue weighted by Crippen LogP contribution is 2.25. The van der Waals surface area contributed by atoms with Gasteiger partial charge in [0, 0.05) is 19.6 Å². The van der Waals surface area contributed by atoms with Crippen LogP contribution in [0, 0.1) is 32.6 Å². The van der Waals surface area contributed by atoms with Crippen LogP contribution in [0.3, 0.4) is 0 Å². The normalized spacial score (nSPS) is 23.8. The van der Waals surface area contributed by atoms with Crippen LogP contribution < -0.4 is 0 Å². The molecule has 0 amide bonds. The van der Waals surface area contributed by atoms with Gasteiger partial charge in [0.25, 0.3) is 0 Å². The number of carboxylic acid groups (broad SMARTS) is 1. The van der Waals surface area contributed by atoms with E-state index in [0.717, 1.165) is 19.5 Å². The molecule has 1 N–H and O–H groups in total. The lowest BCUT2D eigenvalue weighted by atomic mass is 9.89. The molecule has 1 heterocycles. The Balaban J connectivity index is 2.15. The summed E-state index contributed by atoms with van der Waals surface area (Å²) in [5, 5.41) is 9.26. The fourth-order valence-electron chi connectivity index (χ4n) is 3.45. The molecule has 3 nitrogen and oxygen atoms in total. The fourth-order valence-corrected chi connectivity index (χ4v) is 3.45. The molecule has 1 fully saturated rings. The quantitative estimate of drug-likeness (QED) is 0.921. The molecule has 1 saturated heterocycles. The zero-order valence-electron chi connectivity index (χ0n) is 12.9. The van der Waals surface area contributed by atoms with E-state index in [2.05, 4.69) is 44.7 Å². The number of hydrogen-bond donors (Lipinski definition) is 1. The van der Waals surface area contributed by atoms with E-state index in [0.29, 0.717) is 12.5 Å². The van der Waals surface area contributed by atoms with Crippen LogP contribution >= 0.6 is 0 Å². The van der Waals surface area contributed by atoms with E-state index in [1.165, 1.54) is 22.3 Å². The average Bonchev–Trinajstić information content (AvgIpc) is 2.33. The Kier molecular flexibility index (Phi) is 4.48. The monoisotopic (exact) mass is 275 g/mol. The summed E-state index contributed by atoms with van der Waals surface area (Å²) in [5.41, 5.74) is 5.27. The second-order valence-electron chi connectivity index (χ2n) is 6.45. The standard InChI is InChI=1S/C17H25NO2/c1-11-5-13(3)16(14(4)6-11)10-18-8-12(2)7-15(9-18)17(19)20/h5-6,12,15H,7-10H2,1-4H3,(H,19,20). The number of rotatable bonds is 3. The first-order chi connectivity index (χ1) is 9.36. The number of hydrogen-bond acceptors (Lipinski definition) is 2. The Hall–Kier alpha value is -1.35. The molecule has 1 aliphatic heterocycles. The minimum absolute atomic E-state index is 0.218. The third-order valence-electron chi connectivity index (χ3n) is 4.31. The van der Waals surface area contributed by atoms with Gasteiger partial charge in [-0.05, 0) is 49.8 Å². The van der Waals surface area contributed by atoms with Gasteiger partial charge in [-0.25, -0.2) is 0 Å². The minimum Gasteiger partial charge on any atom is -0.481 e. The first kappa shape index (κ1) is 15.0. The molecule has 0 aromatic heterocycles. The topological polar surface area (TPSA) is 40.5 Å². The number of nitrogens with zero attached hydrogens (tertiary/aromatic N) is 1. The van der Waals surface area contributed by atoms with E-state index in [9.17, 15) is 9.90 Å². The van der Waals surface area contributed by atoms with Crippen LogP contribution in [-0.4, -0.2) is 29.1 Å². The zero-order chi connectivity index (χ0) is 14.9. The highest BCUT2D eigenvalue weighted by Gasteiger charge is 2.29. The average molecular weight is 275 g/mol. The minimum atomic E-state index is -0.654. The smallest absolute Gasteiger partial charge is 0.307 e. The van der Waals surface area contributed by atoms with Crippen molar-refractivity contribution in [3.05, 3.63) is 34.4 Å². The molecule has 2 rings (SSSR count). The number of benzene rings is 1. The Bertz CT molecular complexity index is 487. The maximum absolute atomic E-state index is 11.2. The highest BCUT2D eigenvalue weighted by molar-refractivity contribution is 5.70. The summed E-state index contributed by atoms with van der Waals surface area (Å²) < 4.78 is 0. The number of carboxylic acids is 1. The van der Waals surface area contributed by atoms with Crippen molar-refractivity contribution < 1.29 is 9.90 Å². The number of carbonyl (C=O) groups is 1. The van der Waals surface area contributed by atoms with Crippen LogP contribution in [-0.2, 0) is 11.3 Å². The predicted octanol–water partition coefficient (Wildman–Crippen LogP) is 3.15. The van der Waals surface area contributed by atoms with Gasteiger partial charge in [0.1, 0.15) is 0 Å². The molecule has 0 aliphatic carbocycles. The van der Waals surface area contributed by atoms with Gasteiger partial charge in [-0.1, -0.05) is 24.6 Å². The van der Waals surface area contributed by atoms with Crippen LogP contribution in [0.15, 0.2) is 12.1 Å². The molecule has 0 saturated carbocycles. The van der Waals surface area contributed by atoms with Crippen molar-refractivity contribution in [2.75, 3.05) is 13.1 Å². The van der Waals surface area contributed by atoms with Gasteiger partial charge < -0.3 is 5.11 Å². The summed E-state index contributed by atoms with van der Waals surface area (Å²) in [6, 6.07) is 4.43. The van der Waals surface area contributed by atoms with E-state index in [1.54, 1.807) is 0 Å². The van der Waals surface area contributed by atoms with E-state index >= 15 is 0 Å². The van der Waals surface area contributed by atoms with Crippen molar-refractivity contribution in [2.45, 2.75) is 40.7 Å². The zero-order valence-corrected chi connectivity index (χ0v) is 12.9. The van der Waals surface area contributed by atoms with Crippen LogP contribution in [0.4, 0.5) is 0 Å². The summed E-state index contributed by atoms with van der Waals surface area (Å²) >= 11 is 0. The van der Waals surface area contributed by atoms with Crippen LogP contribution in [0.25, 0.3) is 0 Å². The molecule has 2 unspecified atom stereocenters. The SMILES string of the molecule is Cc1cc(C)c(CN2CC(C)CC(C(=O)O)C2)c(C)c1. The molecular weight excluding hydrogens is 250 g/mol. The van der Waals surface area contributed by atoms with Crippen molar-refractivity contribution in [2.24, 2.45) is 11.8 Å². The lowest BCUT2D eigenvalue weighted by molar-refractivity contribution is -0.144. The number of aliphatic carboxylic acids is 1. The van der Waals surface area contributed by atoms with Gasteiger partial charge in [-0.3, -0.25) is 9.69 Å². The van der Waals surface area contributed by atoms with Gasteiger partial charge in [-0.2, -0.15) is 0 Å². The van der Waals surface area contributed by atoms with Crippen LogP contribution in [0.1, 0.15) is 35.6 Å². The van der Waals surface area contributed by atoms with Gasteiger partial charge in [0.15, 0.2) is 0 Å². The maximum Gasteiger partial charge on any atom is 0.307 e. The molecule has 20 heavy (non-hydrogen) atoms. The number of piperidine rings is 1. The Morgan fingerprint density at radius 1 is 1.25 bits per heavy atom. The third kappa shape index (κ3) is 3.40. The van der Waals surface area contributed by atoms with Crippen molar-refractivity contribution in [3.8, 4) is 0 Å². The summed E-state index contributed by atoms with van der Waals surface area (Å²) in [6.07, 6.45) is 0.803. The second kappa shape index (κ2) is 5.96. The summed E-state index contributed by atoms with van der Waals surface area (Å²) in [7, 11) is 0. The van der Waals surface area contributed by atoms with Crippen molar-refractivity contribution in [1.82, 2.24) is 4.90 Å². The molecule has 0 spiro atoms. The van der Waals surface area contributed by atoms with E-state index in [1.807, 2.05) is 0 Å². The Labute approximate surface area is 121 Å². The van der Waals surface area contributed by atoms with Crippen molar-refractivity contribution in [1.29, 1.82) is 0 Å². The van der Waals surface area contributed by atoms with Crippen LogP contribution in [0.2, 0.25) is 0 Å². The van der Waals surface area contributed by atoms with Crippen molar-refractivity contribution >= 4 is 5.97 Å². The molecule has 0 radical (unpaired) electrons. The van der Waals surface area contributed by atoms with Gasteiger partial charge >= 0.3 is 5.97 Å². The molecule has 2 atom stereocenters. The molecule has 1 aromatic carbocycles. The molecule has 0 bridgehead atoms. The molecule has 1 aromatic rings. The summed E-state index contributed by atoms with van der Waals surface area (Å²) in [4.78, 5) is 13.6. The van der Waals surface area contributed by atoms with E-state index in [-0.39, 0.29) is 5.92 Å². The van der Waals surface area contributed by atoms with Gasteiger partial charge in [0.05, 0.1) is 5.92 Å². The van der Waals surface area contributed by atoms with Gasteiger partial charge in [-0.15, -0.1) is 0 Å². The first-order valence-corrected chi connectivity index (χ1v) is 7.38. The van der Waals surface area contributed by atoms with Crippen LogP contribution in [0.5, 0.6) is 0 Å². The van der Waals surface area contributed by atoms with Crippen molar-refractivity contribution in [3.63, 3.8) is 0 Å². The van der Waals surface area contributed by atoms with E-state index in [4.69, 9.17) is 0 Å². The van der Waals surface area contributed by atoms with Gasteiger partial charge in [0.2, 0.25) is 0 Å². The summed E-state index contributed by atoms with van der Waals surface area (Å²) in [6.45, 7) is 11.1. The largest absolute Gasteiger partial charge is 0.481 e. The molecule has 3 heteroatoms. The summed E-state index contributed by atoms with van der Waals surface area (Å²) in [5.74, 6) is -0.417. The molecular formula is C17H25NO2. The number of aryl methyl sites for hydroxylation is 3. The third-order valence-corrected chi connectivity index (χ3v) is 4.31. The second-order valence-corrected chi connectivity index (χ2v) is 6.45. The Morgan fingerprint density at radius 3 is 2.40 bits per heavy atom. The number of likely N-dealkylation sites (tertiary alicyclic amines) is 1. The predicted molar refractivity (Wildman–Crippen MR) is 80.8 cm³/mol. The lowest BCUT2D eigenvalue weighted by Crippen LogP contribution is -2.42. The highest BCUT2D eigenvalue weighted by atomic mass is 16.4. The van der Waals surface area contributed by atoms with E-state index < -0.39 is 5.97 Å². The lowest BCUT2D eigenvalue weighted by Gasteiger charge is -2.35. The Morgan fingerprint density at radius 2 is 1.85 bits per heavy atom. The fraction of sp³-hybridized carbons (Fsp3) is 0.588.